The van der Waals surface area contributed by atoms with Crippen LogP contribution in [0.25, 0.3) is 0 Å². The molecule has 1 rings (SSSR count). The summed E-state index contributed by atoms with van der Waals surface area (Å²) in [5.74, 6) is -0.145. The molecule has 0 aliphatic heterocycles. The Morgan fingerprint density at radius 2 is 2.20 bits per heavy atom. The standard InChI is InChI=1S/C10H17N3O2/c1-7(2)13-8(10(14)15)5-11-9(13)6-12(3)4/h5,7H,6H2,1-4H3,(H,14,15). The van der Waals surface area contributed by atoms with E-state index in [1.165, 1.54) is 6.20 Å². The highest BCUT2D eigenvalue weighted by Gasteiger charge is 2.17. The molecule has 0 saturated heterocycles. The maximum Gasteiger partial charge on any atom is 0.354 e. The molecule has 0 aliphatic carbocycles. The second-order valence-corrected chi connectivity index (χ2v) is 4.07. The molecule has 84 valence electrons. The second-order valence-electron chi connectivity index (χ2n) is 4.07. The molecule has 1 aromatic rings. The Morgan fingerprint density at radius 1 is 1.60 bits per heavy atom. The SMILES string of the molecule is CC(C)n1c(C(=O)O)cnc1CN(C)C. The van der Waals surface area contributed by atoms with Gasteiger partial charge in [-0.3, -0.25) is 0 Å². The monoisotopic (exact) mass is 211 g/mol. The Balaban J connectivity index is 3.12. The molecule has 0 spiro atoms. The second kappa shape index (κ2) is 4.44. The third-order valence-corrected chi connectivity index (χ3v) is 2.07. The predicted molar refractivity (Wildman–Crippen MR) is 57.0 cm³/mol. The molecule has 1 aromatic heterocycles. The van der Waals surface area contributed by atoms with Crippen molar-refractivity contribution in [2.45, 2.75) is 26.4 Å². The Hall–Kier alpha value is -1.36. The minimum Gasteiger partial charge on any atom is -0.477 e. The molecule has 0 bridgehead atoms. The van der Waals surface area contributed by atoms with Crippen LogP contribution in [0.4, 0.5) is 0 Å². The summed E-state index contributed by atoms with van der Waals surface area (Å²) in [5, 5.41) is 8.99. The van der Waals surface area contributed by atoms with Crippen LogP contribution < -0.4 is 0 Å². The predicted octanol–water partition coefficient (Wildman–Crippen LogP) is 1.22. The molecule has 15 heavy (non-hydrogen) atoms. The first-order valence-corrected chi connectivity index (χ1v) is 4.87. The normalized spacial score (nSPS) is 11.3. The van der Waals surface area contributed by atoms with Gasteiger partial charge in [0.1, 0.15) is 11.5 Å². The number of hydrogen-bond acceptors (Lipinski definition) is 3. The average Bonchev–Trinajstić information content (AvgIpc) is 2.46. The van der Waals surface area contributed by atoms with Crippen LogP contribution in [0.3, 0.4) is 0 Å². The lowest BCUT2D eigenvalue weighted by Gasteiger charge is -2.16. The van der Waals surface area contributed by atoms with Gasteiger partial charge in [0.05, 0.1) is 12.7 Å². The van der Waals surface area contributed by atoms with Gasteiger partial charge in [0, 0.05) is 6.04 Å². The quantitative estimate of drug-likeness (QED) is 0.813. The molecule has 5 heteroatoms. The molecular formula is C10H17N3O2. The van der Waals surface area contributed by atoms with Gasteiger partial charge in [-0.15, -0.1) is 0 Å². The number of rotatable bonds is 4. The van der Waals surface area contributed by atoms with Crippen LogP contribution in [0.2, 0.25) is 0 Å². The van der Waals surface area contributed by atoms with Gasteiger partial charge in [-0.2, -0.15) is 0 Å². The summed E-state index contributed by atoms with van der Waals surface area (Å²) in [5.41, 5.74) is 0.252. The van der Waals surface area contributed by atoms with Crippen molar-refractivity contribution in [2.24, 2.45) is 0 Å². The highest BCUT2D eigenvalue weighted by atomic mass is 16.4. The third kappa shape index (κ3) is 2.56. The molecule has 0 radical (unpaired) electrons. The molecule has 5 nitrogen and oxygen atoms in total. The highest BCUT2D eigenvalue weighted by molar-refractivity contribution is 5.85. The van der Waals surface area contributed by atoms with Crippen molar-refractivity contribution in [3.05, 3.63) is 17.7 Å². The lowest BCUT2D eigenvalue weighted by molar-refractivity contribution is 0.0682. The maximum atomic E-state index is 11.0. The van der Waals surface area contributed by atoms with Gasteiger partial charge in [0.15, 0.2) is 0 Å². The first-order chi connectivity index (χ1) is 6.93. The van der Waals surface area contributed by atoms with Crippen LogP contribution >= 0.6 is 0 Å². The van der Waals surface area contributed by atoms with E-state index in [4.69, 9.17) is 5.11 Å². The number of nitrogens with zero attached hydrogens (tertiary/aromatic N) is 3. The zero-order valence-electron chi connectivity index (χ0n) is 9.56. The first-order valence-electron chi connectivity index (χ1n) is 4.87. The molecule has 0 fully saturated rings. The molecule has 1 heterocycles. The van der Waals surface area contributed by atoms with E-state index in [0.717, 1.165) is 5.82 Å². The number of carboxylic acid groups (broad SMARTS) is 1. The molecule has 0 saturated carbocycles. The minimum absolute atomic E-state index is 0.105. The van der Waals surface area contributed by atoms with Crippen molar-refractivity contribution in [3.8, 4) is 0 Å². The summed E-state index contributed by atoms with van der Waals surface area (Å²) in [7, 11) is 3.86. The Labute approximate surface area is 89.3 Å². The van der Waals surface area contributed by atoms with Crippen LogP contribution in [-0.4, -0.2) is 39.6 Å². The Bertz CT molecular complexity index is 356. The lowest BCUT2D eigenvalue weighted by Crippen LogP contribution is -2.19. The summed E-state index contributed by atoms with van der Waals surface area (Å²) in [6, 6.07) is 0.105. The number of imidazole rings is 1. The summed E-state index contributed by atoms with van der Waals surface area (Å²) in [6.45, 7) is 4.55. The van der Waals surface area contributed by atoms with Crippen LogP contribution in [0.5, 0.6) is 0 Å². The first kappa shape index (κ1) is 11.7. The van der Waals surface area contributed by atoms with E-state index in [-0.39, 0.29) is 11.7 Å². The summed E-state index contributed by atoms with van der Waals surface area (Å²) < 4.78 is 1.75. The van der Waals surface area contributed by atoms with E-state index in [9.17, 15) is 4.79 Å². The summed E-state index contributed by atoms with van der Waals surface area (Å²) >= 11 is 0. The number of aromatic nitrogens is 2. The van der Waals surface area contributed by atoms with Crippen LogP contribution in [0, 0.1) is 0 Å². The molecule has 0 aromatic carbocycles. The van der Waals surface area contributed by atoms with Crippen molar-refractivity contribution in [3.63, 3.8) is 0 Å². The van der Waals surface area contributed by atoms with Crippen molar-refractivity contribution >= 4 is 5.97 Å². The van der Waals surface area contributed by atoms with Crippen molar-refractivity contribution < 1.29 is 9.90 Å². The van der Waals surface area contributed by atoms with Gasteiger partial charge in [-0.1, -0.05) is 0 Å². The van der Waals surface area contributed by atoms with E-state index < -0.39 is 5.97 Å². The molecule has 0 amide bonds. The van der Waals surface area contributed by atoms with Gasteiger partial charge in [0.2, 0.25) is 0 Å². The molecule has 1 N–H and O–H groups in total. The summed E-state index contributed by atoms with van der Waals surface area (Å²) in [4.78, 5) is 17.1. The fourth-order valence-electron chi connectivity index (χ4n) is 1.53. The van der Waals surface area contributed by atoms with E-state index in [1.54, 1.807) is 4.57 Å². The van der Waals surface area contributed by atoms with Gasteiger partial charge in [-0.25, -0.2) is 9.78 Å². The topological polar surface area (TPSA) is 58.4 Å². The zero-order chi connectivity index (χ0) is 11.6. The van der Waals surface area contributed by atoms with Gasteiger partial charge in [-0.05, 0) is 27.9 Å². The number of carbonyl (C=O) groups is 1. The smallest absolute Gasteiger partial charge is 0.354 e. The van der Waals surface area contributed by atoms with E-state index in [1.807, 2.05) is 32.8 Å². The van der Waals surface area contributed by atoms with Crippen LogP contribution in [-0.2, 0) is 6.54 Å². The molecule has 0 atom stereocenters. The Kier molecular flexibility index (Phi) is 3.47. The van der Waals surface area contributed by atoms with E-state index >= 15 is 0 Å². The molecule has 0 unspecified atom stereocenters. The van der Waals surface area contributed by atoms with Crippen LogP contribution in [0.1, 0.15) is 36.2 Å². The van der Waals surface area contributed by atoms with E-state index in [2.05, 4.69) is 4.98 Å². The van der Waals surface area contributed by atoms with Crippen molar-refractivity contribution in [1.82, 2.24) is 14.5 Å². The van der Waals surface area contributed by atoms with Gasteiger partial charge in [0.25, 0.3) is 0 Å². The minimum atomic E-state index is -0.929. The number of aromatic carboxylic acids is 1. The summed E-state index contributed by atoms with van der Waals surface area (Å²) in [6.07, 6.45) is 1.42. The zero-order valence-corrected chi connectivity index (χ0v) is 9.56. The maximum absolute atomic E-state index is 11.0. The fraction of sp³-hybridized carbons (Fsp3) is 0.600. The molecule has 0 aliphatic rings. The average molecular weight is 211 g/mol. The lowest BCUT2D eigenvalue weighted by atomic mass is 10.3. The van der Waals surface area contributed by atoms with Gasteiger partial charge >= 0.3 is 5.97 Å². The van der Waals surface area contributed by atoms with E-state index in [0.29, 0.717) is 6.54 Å². The highest BCUT2D eigenvalue weighted by Crippen LogP contribution is 2.14. The van der Waals surface area contributed by atoms with Crippen molar-refractivity contribution in [2.75, 3.05) is 14.1 Å². The fourth-order valence-corrected chi connectivity index (χ4v) is 1.53. The van der Waals surface area contributed by atoms with Crippen molar-refractivity contribution in [1.29, 1.82) is 0 Å². The number of hydrogen-bond donors (Lipinski definition) is 1. The largest absolute Gasteiger partial charge is 0.477 e. The van der Waals surface area contributed by atoms with Gasteiger partial charge < -0.3 is 14.6 Å². The third-order valence-electron chi connectivity index (χ3n) is 2.07. The van der Waals surface area contributed by atoms with Crippen LogP contribution in [0.15, 0.2) is 6.20 Å². The molecular weight excluding hydrogens is 194 g/mol. The Morgan fingerprint density at radius 3 is 2.60 bits per heavy atom. The number of carboxylic acids is 1.